The normalized spacial score (nSPS) is 28.7. The summed E-state index contributed by atoms with van der Waals surface area (Å²) in [5.41, 5.74) is 0.965. The minimum absolute atomic E-state index is 0.116. The first-order valence-electron chi connectivity index (χ1n) is 11.1. The van der Waals surface area contributed by atoms with E-state index in [4.69, 9.17) is 8.83 Å². The number of furan rings is 2. The Bertz CT molecular complexity index is 1110. The van der Waals surface area contributed by atoms with Crippen molar-refractivity contribution in [2.45, 2.75) is 64.7 Å². The maximum absolute atomic E-state index is 13.8. The van der Waals surface area contributed by atoms with E-state index in [2.05, 4.69) is 19.2 Å². The second-order valence-electron chi connectivity index (χ2n) is 9.38. The molecule has 164 valence electrons. The summed E-state index contributed by atoms with van der Waals surface area (Å²) >= 11 is 0. The van der Waals surface area contributed by atoms with Crippen LogP contribution in [0.1, 0.15) is 56.3 Å². The molecule has 0 spiro atoms. The molecule has 1 fully saturated rings. The largest absolute Gasteiger partial charge is 0.467 e. The molecule has 0 saturated heterocycles. The minimum atomic E-state index is -1.06. The predicted molar refractivity (Wildman–Crippen MR) is 115 cm³/mol. The summed E-state index contributed by atoms with van der Waals surface area (Å²) in [6.07, 6.45) is 6.47. The standard InChI is InChI=1S/C24H29N3O4/c1-15-6-4-8-18(16(15)2)25-23(29)24(3)14-26-19-9-11-31-21(19)12-20(26)22(28)27(24)13-17-7-5-10-30-17/h5,7,9-12,15-16,18H,4,6,8,13-14H2,1-3H3,(H,25,29)/t15-,16+,18+,24+/m1/s1. The van der Waals surface area contributed by atoms with Gasteiger partial charge in [0, 0.05) is 18.2 Å². The second-order valence-corrected chi connectivity index (χ2v) is 9.38. The van der Waals surface area contributed by atoms with Crippen LogP contribution < -0.4 is 5.32 Å². The molecule has 4 heterocycles. The number of nitrogens with zero attached hydrogens (tertiary/aromatic N) is 2. The molecule has 0 bridgehead atoms. The van der Waals surface area contributed by atoms with E-state index in [1.54, 1.807) is 29.6 Å². The minimum Gasteiger partial charge on any atom is -0.467 e. The summed E-state index contributed by atoms with van der Waals surface area (Å²) in [5.74, 6) is 1.31. The lowest BCUT2D eigenvalue weighted by atomic mass is 9.77. The van der Waals surface area contributed by atoms with Crippen molar-refractivity contribution in [3.05, 3.63) is 48.2 Å². The maximum Gasteiger partial charge on any atom is 0.272 e. The molecule has 3 aromatic rings. The highest BCUT2D eigenvalue weighted by Gasteiger charge is 2.49. The zero-order chi connectivity index (χ0) is 21.8. The van der Waals surface area contributed by atoms with E-state index in [1.165, 1.54) is 6.42 Å². The molecule has 31 heavy (non-hydrogen) atoms. The van der Waals surface area contributed by atoms with Crippen LogP contribution in [0.25, 0.3) is 11.1 Å². The highest BCUT2D eigenvalue weighted by atomic mass is 16.3. The Morgan fingerprint density at radius 2 is 2.06 bits per heavy atom. The summed E-state index contributed by atoms with van der Waals surface area (Å²) in [5, 5.41) is 3.30. The van der Waals surface area contributed by atoms with Gasteiger partial charge in [-0.15, -0.1) is 0 Å². The third kappa shape index (κ3) is 3.18. The summed E-state index contributed by atoms with van der Waals surface area (Å²) in [6.45, 7) is 6.91. The van der Waals surface area contributed by atoms with Gasteiger partial charge < -0.3 is 23.6 Å². The fourth-order valence-electron chi connectivity index (χ4n) is 5.19. The molecular formula is C24H29N3O4. The van der Waals surface area contributed by atoms with Crippen molar-refractivity contribution in [2.24, 2.45) is 11.8 Å². The third-order valence-electron chi connectivity index (χ3n) is 7.46. The third-order valence-corrected chi connectivity index (χ3v) is 7.46. The van der Waals surface area contributed by atoms with Gasteiger partial charge in [-0.3, -0.25) is 9.59 Å². The zero-order valence-corrected chi connectivity index (χ0v) is 18.3. The molecule has 0 aromatic carbocycles. The fourth-order valence-corrected chi connectivity index (χ4v) is 5.19. The van der Waals surface area contributed by atoms with Crippen LogP contribution >= 0.6 is 0 Å². The van der Waals surface area contributed by atoms with Crippen molar-refractivity contribution in [2.75, 3.05) is 0 Å². The lowest BCUT2D eigenvalue weighted by molar-refractivity contribution is -0.134. The molecule has 0 unspecified atom stereocenters. The molecule has 1 aliphatic carbocycles. The quantitative estimate of drug-likeness (QED) is 0.683. The van der Waals surface area contributed by atoms with E-state index in [-0.39, 0.29) is 24.4 Å². The highest BCUT2D eigenvalue weighted by molar-refractivity contribution is 6.02. The van der Waals surface area contributed by atoms with Gasteiger partial charge in [-0.05, 0) is 37.3 Å². The van der Waals surface area contributed by atoms with Crippen LogP contribution in [0.5, 0.6) is 0 Å². The van der Waals surface area contributed by atoms with Gasteiger partial charge in [-0.2, -0.15) is 0 Å². The predicted octanol–water partition coefficient (Wildman–Crippen LogP) is 4.18. The summed E-state index contributed by atoms with van der Waals surface area (Å²) in [6, 6.07) is 7.35. The molecular weight excluding hydrogens is 394 g/mol. The number of hydrogen-bond acceptors (Lipinski definition) is 4. The highest BCUT2D eigenvalue weighted by Crippen LogP contribution is 2.35. The molecule has 2 aliphatic rings. The first kappa shape index (κ1) is 20.0. The molecule has 1 aliphatic heterocycles. The molecule has 7 heteroatoms. The number of nitrogens with one attached hydrogen (secondary N) is 1. The monoisotopic (exact) mass is 423 g/mol. The van der Waals surface area contributed by atoms with E-state index in [0.717, 1.165) is 18.4 Å². The second kappa shape index (κ2) is 7.32. The van der Waals surface area contributed by atoms with Crippen molar-refractivity contribution in [3.63, 3.8) is 0 Å². The topological polar surface area (TPSA) is 80.6 Å². The Hall–Kier alpha value is -2.96. The van der Waals surface area contributed by atoms with Crippen LogP contribution in [-0.4, -0.2) is 32.9 Å². The molecule has 1 saturated carbocycles. The van der Waals surface area contributed by atoms with Gasteiger partial charge in [-0.25, -0.2) is 0 Å². The van der Waals surface area contributed by atoms with Crippen molar-refractivity contribution in [1.82, 2.24) is 14.8 Å². The Balaban J connectivity index is 1.52. The number of rotatable bonds is 4. The molecule has 5 rings (SSSR count). The van der Waals surface area contributed by atoms with Crippen LogP contribution in [0.3, 0.4) is 0 Å². The van der Waals surface area contributed by atoms with Crippen LogP contribution in [0.15, 0.2) is 45.6 Å². The van der Waals surface area contributed by atoms with E-state index < -0.39 is 5.54 Å². The van der Waals surface area contributed by atoms with E-state index in [1.807, 2.05) is 23.6 Å². The van der Waals surface area contributed by atoms with E-state index >= 15 is 0 Å². The lowest BCUT2D eigenvalue weighted by Crippen LogP contribution is -2.65. The van der Waals surface area contributed by atoms with Crippen molar-refractivity contribution in [1.29, 1.82) is 0 Å². The summed E-state index contributed by atoms with van der Waals surface area (Å²) in [7, 11) is 0. The van der Waals surface area contributed by atoms with Gasteiger partial charge >= 0.3 is 0 Å². The molecule has 0 radical (unpaired) electrons. The Morgan fingerprint density at radius 1 is 1.23 bits per heavy atom. The first-order chi connectivity index (χ1) is 14.9. The number of carbonyl (C=O) groups excluding carboxylic acids is 2. The lowest BCUT2D eigenvalue weighted by Gasteiger charge is -2.45. The molecule has 1 N–H and O–H groups in total. The number of hydrogen-bond donors (Lipinski definition) is 1. The Morgan fingerprint density at radius 3 is 2.84 bits per heavy atom. The number of fused-ring (bicyclic) bond motifs is 3. The van der Waals surface area contributed by atoms with Gasteiger partial charge in [-0.1, -0.05) is 26.7 Å². The van der Waals surface area contributed by atoms with Gasteiger partial charge in [0.05, 0.1) is 31.1 Å². The molecule has 7 nitrogen and oxygen atoms in total. The van der Waals surface area contributed by atoms with Crippen LogP contribution in [0, 0.1) is 11.8 Å². The fraction of sp³-hybridized carbons (Fsp3) is 0.500. The summed E-state index contributed by atoms with van der Waals surface area (Å²) in [4.78, 5) is 29.0. The van der Waals surface area contributed by atoms with E-state index in [0.29, 0.717) is 35.4 Å². The average Bonchev–Trinajstić information content (AvgIpc) is 3.47. The smallest absolute Gasteiger partial charge is 0.272 e. The van der Waals surface area contributed by atoms with Gasteiger partial charge in [0.2, 0.25) is 5.91 Å². The molecule has 2 amide bonds. The van der Waals surface area contributed by atoms with Crippen molar-refractivity contribution in [3.8, 4) is 0 Å². The first-order valence-corrected chi connectivity index (χ1v) is 11.1. The van der Waals surface area contributed by atoms with E-state index in [9.17, 15) is 9.59 Å². The van der Waals surface area contributed by atoms with Gasteiger partial charge in [0.1, 0.15) is 17.0 Å². The van der Waals surface area contributed by atoms with Crippen LogP contribution in [-0.2, 0) is 17.9 Å². The number of amides is 2. The van der Waals surface area contributed by atoms with Crippen LogP contribution in [0.4, 0.5) is 0 Å². The Labute approximate surface area is 181 Å². The maximum atomic E-state index is 13.8. The molecule has 3 aromatic heterocycles. The van der Waals surface area contributed by atoms with Crippen molar-refractivity contribution < 1.29 is 18.4 Å². The Kier molecular flexibility index (Phi) is 4.72. The van der Waals surface area contributed by atoms with Crippen LogP contribution in [0.2, 0.25) is 0 Å². The van der Waals surface area contributed by atoms with Gasteiger partial charge in [0.25, 0.3) is 5.91 Å². The summed E-state index contributed by atoms with van der Waals surface area (Å²) < 4.78 is 13.0. The van der Waals surface area contributed by atoms with Gasteiger partial charge in [0.15, 0.2) is 5.58 Å². The molecule has 4 atom stereocenters. The SMILES string of the molecule is C[C@H]1[C@H](C)CCC[C@@H]1NC(=O)[C@]1(C)Cn2c(cc3occc32)C(=O)N1Cc1ccco1. The number of carbonyl (C=O) groups is 2. The number of aromatic nitrogens is 1. The average molecular weight is 424 g/mol. The van der Waals surface area contributed by atoms with Crippen molar-refractivity contribution >= 4 is 22.9 Å². The zero-order valence-electron chi connectivity index (χ0n) is 18.3.